The standard InChI is InChI=1S/C15H11F2NO2/c1-20-15(19)11-4-2-10(3-5-11)9-18-14-7-6-12(16)8-13(14)17/h2-9H,1H3. The molecule has 0 saturated carbocycles. The van der Waals surface area contributed by atoms with Crippen molar-refractivity contribution in [1.29, 1.82) is 0 Å². The lowest BCUT2D eigenvalue weighted by atomic mass is 10.1. The van der Waals surface area contributed by atoms with Crippen LogP contribution >= 0.6 is 0 Å². The number of benzene rings is 2. The minimum Gasteiger partial charge on any atom is -0.465 e. The third-order valence-electron chi connectivity index (χ3n) is 2.59. The lowest BCUT2D eigenvalue weighted by Crippen LogP contribution is -2.00. The number of hydrogen-bond acceptors (Lipinski definition) is 3. The molecule has 0 aliphatic carbocycles. The maximum atomic E-state index is 13.4. The number of ether oxygens (including phenoxy) is 1. The fraction of sp³-hybridized carbons (Fsp3) is 0.0667. The van der Waals surface area contributed by atoms with Crippen LogP contribution in [-0.4, -0.2) is 19.3 Å². The number of hydrogen-bond donors (Lipinski definition) is 0. The van der Waals surface area contributed by atoms with E-state index in [4.69, 9.17) is 0 Å². The van der Waals surface area contributed by atoms with E-state index in [9.17, 15) is 13.6 Å². The van der Waals surface area contributed by atoms with E-state index < -0.39 is 17.6 Å². The average Bonchev–Trinajstić information content (AvgIpc) is 2.46. The van der Waals surface area contributed by atoms with Gasteiger partial charge in [-0.15, -0.1) is 0 Å². The molecule has 0 unspecified atom stereocenters. The lowest BCUT2D eigenvalue weighted by Gasteiger charge is -1.99. The molecule has 0 aliphatic heterocycles. The summed E-state index contributed by atoms with van der Waals surface area (Å²) in [5.41, 5.74) is 1.14. The van der Waals surface area contributed by atoms with Crippen LogP contribution in [0.1, 0.15) is 15.9 Å². The molecule has 2 aromatic carbocycles. The number of esters is 1. The van der Waals surface area contributed by atoms with E-state index in [1.54, 1.807) is 24.3 Å². The summed E-state index contributed by atoms with van der Waals surface area (Å²) in [7, 11) is 1.30. The molecule has 0 heterocycles. The van der Waals surface area contributed by atoms with Gasteiger partial charge in [-0.05, 0) is 29.8 Å². The minimum atomic E-state index is -0.729. The predicted octanol–water partition coefficient (Wildman–Crippen LogP) is 3.50. The Bertz CT molecular complexity index is 651. The highest BCUT2D eigenvalue weighted by molar-refractivity contribution is 5.90. The lowest BCUT2D eigenvalue weighted by molar-refractivity contribution is 0.0600. The van der Waals surface area contributed by atoms with Crippen molar-refractivity contribution in [3.63, 3.8) is 0 Å². The van der Waals surface area contributed by atoms with Crippen molar-refractivity contribution in [3.8, 4) is 0 Å². The van der Waals surface area contributed by atoms with Gasteiger partial charge in [-0.1, -0.05) is 12.1 Å². The summed E-state index contributed by atoms with van der Waals surface area (Å²) in [6, 6.07) is 9.61. The largest absolute Gasteiger partial charge is 0.465 e. The van der Waals surface area contributed by atoms with Crippen LogP contribution in [0.4, 0.5) is 14.5 Å². The van der Waals surface area contributed by atoms with Gasteiger partial charge in [-0.2, -0.15) is 0 Å². The molecule has 0 amide bonds. The first-order valence-electron chi connectivity index (χ1n) is 5.77. The summed E-state index contributed by atoms with van der Waals surface area (Å²) < 4.78 is 30.7. The molecule has 3 nitrogen and oxygen atoms in total. The highest BCUT2D eigenvalue weighted by Crippen LogP contribution is 2.18. The van der Waals surface area contributed by atoms with Crippen LogP contribution in [0, 0.1) is 11.6 Å². The summed E-state index contributed by atoms with van der Waals surface area (Å²) >= 11 is 0. The molecule has 0 spiro atoms. The van der Waals surface area contributed by atoms with Crippen molar-refractivity contribution in [2.45, 2.75) is 0 Å². The van der Waals surface area contributed by atoms with Gasteiger partial charge in [0.15, 0.2) is 5.82 Å². The van der Waals surface area contributed by atoms with Crippen LogP contribution in [0.5, 0.6) is 0 Å². The Morgan fingerprint density at radius 3 is 2.45 bits per heavy atom. The number of carbonyl (C=O) groups excluding carboxylic acids is 1. The Morgan fingerprint density at radius 1 is 1.15 bits per heavy atom. The van der Waals surface area contributed by atoms with Gasteiger partial charge in [-0.3, -0.25) is 4.99 Å². The molecule has 0 radical (unpaired) electrons. The topological polar surface area (TPSA) is 38.7 Å². The van der Waals surface area contributed by atoms with Crippen LogP contribution in [-0.2, 0) is 4.74 Å². The van der Waals surface area contributed by atoms with Crippen molar-refractivity contribution in [2.24, 2.45) is 4.99 Å². The molecule has 0 saturated heterocycles. The normalized spacial score (nSPS) is 10.8. The molecule has 0 fully saturated rings. The van der Waals surface area contributed by atoms with Gasteiger partial charge in [-0.25, -0.2) is 13.6 Å². The molecule has 2 rings (SSSR count). The first kappa shape index (κ1) is 13.9. The van der Waals surface area contributed by atoms with Crippen LogP contribution in [0.3, 0.4) is 0 Å². The molecule has 0 aromatic heterocycles. The molecule has 102 valence electrons. The summed E-state index contributed by atoms with van der Waals surface area (Å²) in [6.07, 6.45) is 1.43. The summed E-state index contributed by atoms with van der Waals surface area (Å²) in [6.45, 7) is 0. The second-order valence-corrected chi connectivity index (χ2v) is 3.97. The van der Waals surface area contributed by atoms with Gasteiger partial charge in [0.05, 0.1) is 18.4 Å². The van der Waals surface area contributed by atoms with Gasteiger partial charge < -0.3 is 4.74 Å². The first-order valence-corrected chi connectivity index (χ1v) is 5.77. The maximum Gasteiger partial charge on any atom is 0.337 e. The van der Waals surface area contributed by atoms with Crippen molar-refractivity contribution in [2.75, 3.05) is 7.11 Å². The Morgan fingerprint density at radius 2 is 1.85 bits per heavy atom. The third kappa shape index (κ3) is 3.26. The number of carbonyl (C=O) groups is 1. The minimum absolute atomic E-state index is 0.0449. The summed E-state index contributed by atoms with van der Waals surface area (Å²) in [4.78, 5) is 15.2. The number of aliphatic imine (C=N–C) groups is 1. The Hall–Kier alpha value is -2.56. The molecule has 0 aliphatic rings. The fourth-order valence-corrected chi connectivity index (χ4v) is 1.55. The van der Waals surface area contributed by atoms with Crippen molar-refractivity contribution in [3.05, 3.63) is 65.2 Å². The van der Waals surface area contributed by atoms with Gasteiger partial charge in [0.1, 0.15) is 5.82 Å². The van der Waals surface area contributed by atoms with E-state index in [0.717, 1.165) is 12.1 Å². The number of methoxy groups -OCH3 is 1. The zero-order chi connectivity index (χ0) is 14.5. The first-order chi connectivity index (χ1) is 9.60. The van der Waals surface area contributed by atoms with Gasteiger partial charge in [0, 0.05) is 12.3 Å². The van der Waals surface area contributed by atoms with Crippen molar-refractivity contribution in [1.82, 2.24) is 0 Å². The maximum absolute atomic E-state index is 13.4. The van der Waals surface area contributed by atoms with Crippen LogP contribution in [0.25, 0.3) is 0 Å². The van der Waals surface area contributed by atoms with Crippen molar-refractivity contribution >= 4 is 17.9 Å². The van der Waals surface area contributed by atoms with Gasteiger partial charge in [0.25, 0.3) is 0 Å². The van der Waals surface area contributed by atoms with E-state index in [-0.39, 0.29) is 5.69 Å². The van der Waals surface area contributed by atoms with E-state index >= 15 is 0 Å². The Kier molecular flexibility index (Phi) is 4.20. The average molecular weight is 275 g/mol. The molecule has 0 atom stereocenters. The summed E-state index contributed by atoms with van der Waals surface area (Å²) in [5.74, 6) is -1.81. The van der Waals surface area contributed by atoms with E-state index in [0.29, 0.717) is 11.1 Å². The monoisotopic (exact) mass is 275 g/mol. The third-order valence-corrected chi connectivity index (χ3v) is 2.59. The molecular weight excluding hydrogens is 264 g/mol. The van der Waals surface area contributed by atoms with Crippen LogP contribution < -0.4 is 0 Å². The molecule has 20 heavy (non-hydrogen) atoms. The quantitative estimate of drug-likeness (QED) is 0.635. The predicted molar refractivity (Wildman–Crippen MR) is 71.4 cm³/mol. The number of halogens is 2. The SMILES string of the molecule is COC(=O)c1ccc(C=Nc2ccc(F)cc2F)cc1. The highest BCUT2D eigenvalue weighted by atomic mass is 19.1. The highest BCUT2D eigenvalue weighted by Gasteiger charge is 2.04. The molecule has 0 bridgehead atoms. The Labute approximate surface area is 114 Å². The second kappa shape index (κ2) is 6.06. The smallest absolute Gasteiger partial charge is 0.337 e. The fourth-order valence-electron chi connectivity index (χ4n) is 1.55. The molecule has 0 N–H and O–H groups in total. The zero-order valence-corrected chi connectivity index (χ0v) is 10.6. The Balaban J connectivity index is 2.17. The number of rotatable bonds is 3. The molecular formula is C15H11F2NO2. The van der Waals surface area contributed by atoms with E-state index in [1.807, 2.05) is 0 Å². The van der Waals surface area contributed by atoms with Gasteiger partial charge in [0.2, 0.25) is 0 Å². The van der Waals surface area contributed by atoms with Gasteiger partial charge >= 0.3 is 5.97 Å². The van der Waals surface area contributed by atoms with Crippen LogP contribution in [0.15, 0.2) is 47.5 Å². The van der Waals surface area contributed by atoms with Crippen molar-refractivity contribution < 1.29 is 18.3 Å². The molecule has 2 aromatic rings. The van der Waals surface area contributed by atoms with E-state index in [1.165, 1.54) is 19.4 Å². The second-order valence-electron chi connectivity index (χ2n) is 3.97. The molecule has 5 heteroatoms. The zero-order valence-electron chi connectivity index (χ0n) is 10.6. The number of nitrogens with zero attached hydrogens (tertiary/aromatic N) is 1. The van der Waals surface area contributed by atoms with Crippen LogP contribution in [0.2, 0.25) is 0 Å². The summed E-state index contributed by atoms with van der Waals surface area (Å²) in [5, 5.41) is 0. The van der Waals surface area contributed by atoms with E-state index in [2.05, 4.69) is 9.73 Å².